The molecule has 0 aliphatic rings. The van der Waals surface area contributed by atoms with Gasteiger partial charge >= 0.3 is 0 Å². The lowest BCUT2D eigenvalue weighted by Gasteiger charge is -2.09. The standard InChI is InChI=1S/C10H19NO2/c1-4-6-7-11-10(13-5-2)8-9(3)12/h8,11H,4-7H2,1-3H3/b10-8+. The summed E-state index contributed by atoms with van der Waals surface area (Å²) in [4.78, 5) is 10.8. The van der Waals surface area contributed by atoms with Gasteiger partial charge in [-0.2, -0.15) is 0 Å². The van der Waals surface area contributed by atoms with Crippen LogP contribution in [0.3, 0.4) is 0 Å². The lowest BCUT2D eigenvalue weighted by Crippen LogP contribution is -2.18. The van der Waals surface area contributed by atoms with Gasteiger partial charge in [-0.15, -0.1) is 0 Å². The lowest BCUT2D eigenvalue weighted by atomic mass is 10.3. The van der Waals surface area contributed by atoms with Gasteiger partial charge in [0.05, 0.1) is 6.61 Å². The molecule has 0 saturated carbocycles. The van der Waals surface area contributed by atoms with Crippen molar-refractivity contribution in [2.45, 2.75) is 33.6 Å². The maximum Gasteiger partial charge on any atom is 0.190 e. The summed E-state index contributed by atoms with van der Waals surface area (Å²) >= 11 is 0. The van der Waals surface area contributed by atoms with Gasteiger partial charge in [0.1, 0.15) is 0 Å². The largest absolute Gasteiger partial charge is 0.479 e. The molecule has 0 rings (SSSR count). The summed E-state index contributed by atoms with van der Waals surface area (Å²) in [5, 5.41) is 3.07. The molecule has 0 unspecified atom stereocenters. The normalized spacial score (nSPS) is 11.2. The molecule has 3 heteroatoms. The molecule has 1 N–H and O–H groups in total. The van der Waals surface area contributed by atoms with Crippen LogP contribution >= 0.6 is 0 Å². The summed E-state index contributed by atoms with van der Waals surface area (Å²) in [5.41, 5.74) is 0. The highest BCUT2D eigenvalue weighted by Gasteiger charge is 1.97. The molecule has 0 saturated heterocycles. The van der Waals surface area contributed by atoms with Crippen LogP contribution in [-0.4, -0.2) is 18.9 Å². The fourth-order valence-electron chi connectivity index (χ4n) is 0.872. The molecular weight excluding hydrogens is 166 g/mol. The van der Waals surface area contributed by atoms with Crippen LogP contribution in [0, 0.1) is 0 Å². The Labute approximate surface area is 80.2 Å². The zero-order chi connectivity index (χ0) is 10.1. The molecule has 0 heterocycles. The number of allylic oxidation sites excluding steroid dienone is 1. The number of carbonyl (C=O) groups is 1. The average molecular weight is 185 g/mol. The molecular formula is C10H19NO2. The Hall–Kier alpha value is -0.990. The summed E-state index contributed by atoms with van der Waals surface area (Å²) in [6, 6.07) is 0. The molecule has 0 radical (unpaired) electrons. The zero-order valence-corrected chi connectivity index (χ0v) is 8.72. The molecule has 0 aliphatic carbocycles. The highest BCUT2D eigenvalue weighted by molar-refractivity contribution is 5.87. The monoisotopic (exact) mass is 185 g/mol. The number of hydrogen-bond donors (Lipinski definition) is 1. The van der Waals surface area contributed by atoms with Crippen LogP contribution in [0.5, 0.6) is 0 Å². The van der Waals surface area contributed by atoms with Gasteiger partial charge in [-0.3, -0.25) is 4.79 Å². The highest BCUT2D eigenvalue weighted by Crippen LogP contribution is 1.94. The molecule has 0 fully saturated rings. The Balaban J connectivity index is 3.87. The first-order chi connectivity index (χ1) is 6.20. The predicted molar refractivity (Wildman–Crippen MR) is 53.3 cm³/mol. The number of ether oxygens (including phenoxy) is 1. The minimum absolute atomic E-state index is 0.00690. The molecule has 3 nitrogen and oxygen atoms in total. The van der Waals surface area contributed by atoms with E-state index in [4.69, 9.17) is 4.74 Å². The Bertz CT molecular complexity index is 176. The number of nitrogens with one attached hydrogen (secondary N) is 1. The first-order valence-electron chi connectivity index (χ1n) is 4.79. The van der Waals surface area contributed by atoms with Gasteiger partial charge in [0.15, 0.2) is 11.7 Å². The quantitative estimate of drug-likeness (QED) is 0.373. The van der Waals surface area contributed by atoms with Crippen molar-refractivity contribution >= 4 is 5.78 Å². The van der Waals surface area contributed by atoms with E-state index in [0.29, 0.717) is 12.5 Å². The van der Waals surface area contributed by atoms with Crippen molar-refractivity contribution in [2.24, 2.45) is 0 Å². The van der Waals surface area contributed by atoms with Gasteiger partial charge in [-0.1, -0.05) is 13.3 Å². The van der Waals surface area contributed by atoms with E-state index in [0.717, 1.165) is 19.4 Å². The number of hydrogen-bond acceptors (Lipinski definition) is 3. The molecule has 0 atom stereocenters. The van der Waals surface area contributed by atoms with Crippen LogP contribution in [0.15, 0.2) is 12.0 Å². The smallest absolute Gasteiger partial charge is 0.190 e. The SMILES string of the molecule is CCCCN/C(=C\C(C)=O)OCC. The van der Waals surface area contributed by atoms with Crippen molar-refractivity contribution in [2.75, 3.05) is 13.2 Å². The first-order valence-corrected chi connectivity index (χ1v) is 4.79. The van der Waals surface area contributed by atoms with Gasteiger partial charge in [0.2, 0.25) is 0 Å². The second kappa shape index (κ2) is 7.65. The summed E-state index contributed by atoms with van der Waals surface area (Å²) in [5.74, 6) is 0.593. The molecule has 0 amide bonds. The van der Waals surface area contributed by atoms with E-state index in [1.54, 1.807) is 0 Å². The van der Waals surface area contributed by atoms with Crippen molar-refractivity contribution in [1.82, 2.24) is 5.32 Å². The van der Waals surface area contributed by atoms with Crippen LogP contribution in [0.25, 0.3) is 0 Å². The van der Waals surface area contributed by atoms with Crippen molar-refractivity contribution < 1.29 is 9.53 Å². The molecule has 0 spiro atoms. The van der Waals surface area contributed by atoms with Crippen molar-refractivity contribution in [3.63, 3.8) is 0 Å². The van der Waals surface area contributed by atoms with E-state index in [9.17, 15) is 4.79 Å². The minimum atomic E-state index is 0.00690. The Morgan fingerprint density at radius 1 is 1.46 bits per heavy atom. The van der Waals surface area contributed by atoms with Crippen LogP contribution < -0.4 is 5.32 Å². The molecule has 0 aromatic carbocycles. The third-order valence-corrected chi connectivity index (χ3v) is 1.46. The average Bonchev–Trinajstić information content (AvgIpc) is 2.04. The fraction of sp³-hybridized carbons (Fsp3) is 0.700. The fourth-order valence-corrected chi connectivity index (χ4v) is 0.872. The van der Waals surface area contributed by atoms with E-state index < -0.39 is 0 Å². The summed E-state index contributed by atoms with van der Waals surface area (Å²) < 4.78 is 5.23. The second-order valence-corrected chi connectivity index (χ2v) is 2.83. The lowest BCUT2D eigenvalue weighted by molar-refractivity contribution is -0.112. The third-order valence-electron chi connectivity index (χ3n) is 1.46. The van der Waals surface area contributed by atoms with E-state index in [1.807, 2.05) is 6.92 Å². The molecule has 13 heavy (non-hydrogen) atoms. The van der Waals surface area contributed by atoms with Gasteiger partial charge in [-0.25, -0.2) is 0 Å². The van der Waals surface area contributed by atoms with Gasteiger partial charge in [-0.05, 0) is 20.3 Å². The van der Waals surface area contributed by atoms with Gasteiger partial charge < -0.3 is 10.1 Å². The highest BCUT2D eigenvalue weighted by atomic mass is 16.5. The molecule has 0 aliphatic heterocycles. The van der Waals surface area contributed by atoms with Crippen LogP contribution in [0.2, 0.25) is 0 Å². The molecule has 76 valence electrons. The number of carbonyl (C=O) groups excluding carboxylic acids is 1. The Morgan fingerprint density at radius 3 is 2.62 bits per heavy atom. The second-order valence-electron chi connectivity index (χ2n) is 2.83. The van der Waals surface area contributed by atoms with E-state index in [1.165, 1.54) is 13.0 Å². The maximum absolute atomic E-state index is 10.8. The Kier molecular flexibility index (Phi) is 7.07. The molecule has 0 bridgehead atoms. The minimum Gasteiger partial charge on any atom is -0.479 e. The number of ketones is 1. The zero-order valence-electron chi connectivity index (χ0n) is 8.72. The summed E-state index contributed by atoms with van der Waals surface area (Å²) in [6.45, 7) is 6.97. The maximum atomic E-state index is 10.8. The first kappa shape index (κ1) is 12.0. The topological polar surface area (TPSA) is 38.3 Å². The molecule has 0 aromatic rings. The van der Waals surface area contributed by atoms with Crippen LogP contribution in [0.4, 0.5) is 0 Å². The van der Waals surface area contributed by atoms with E-state index in [2.05, 4.69) is 12.2 Å². The van der Waals surface area contributed by atoms with Crippen LogP contribution in [0.1, 0.15) is 33.6 Å². The van der Waals surface area contributed by atoms with E-state index >= 15 is 0 Å². The number of unbranched alkanes of at least 4 members (excludes halogenated alkanes) is 1. The van der Waals surface area contributed by atoms with Crippen molar-refractivity contribution in [3.8, 4) is 0 Å². The Morgan fingerprint density at radius 2 is 2.15 bits per heavy atom. The summed E-state index contributed by atoms with van der Waals surface area (Å²) in [6.07, 6.45) is 3.70. The van der Waals surface area contributed by atoms with Gasteiger partial charge in [0.25, 0.3) is 0 Å². The van der Waals surface area contributed by atoms with Crippen molar-refractivity contribution in [1.29, 1.82) is 0 Å². The van der Waals surface area contributed by atoms with Crippen LogP contribution in [-0.2, 0) is 9.53 Å². The molecule has 0 aromatic heterocycles. The third kappa shape index (κ3) is 7.37. The number of rotatable bonds is 7. The summed E-state index contributed by atoms with van der Waals surface area (Å²) in [7, 11) is 0. The predicted octanol–water partition coefficient (Wildman–Crippen LogP) is 1.84. The van der Waals surface area contributed by atoms with E-state index in [-0.39, 0.29) is 5.78 Å². The van der Waals surface area contributed by atoms with Crippen molar-refractivity contribution in [3.05, 3.63) is 12.0 Å². The van der Waals surface area contributed by atoms with Gasteiger partial charge in [0, 0.05) is 12.6 Å².